The van der Waals surface area contributed by atoms with Crippen LogP contribution in [0.15, 0.2) is 133 Å². The number of hydrogen-bond donors (Lipinski definition) is 2. The van der Waals surface area contributed by atoms with Gasteiger partial charge in [-0.15, -0.1) is 11.6 Å². The van der Waals surface area contributed by atoms with Crippen molar-refractivity contribution < 1.29 is 38.7 Å². The van der Waals surface area contributed by atoms with Crippen LogP contribution >= 0.6 is 58.0 Å². The first-order valence-corrected chi connectivity index (χ1v) is 19.8. The molecule has 6 aromatic rings. The van der Waals surface area contributed by atoms with E-state index in [9.17, 15) is 19.8 Å². The molecule has 0 aromatic heterocycles. The van der Waals surface area contributed by atoms with Crippen molar-refractivity contribution in [2.75, 3.05) is 0 Å². The van der Waals surface area contributed by atoms with Crippen molar-refractivity contribution in [1.29, 1.82) is 0 Å². The normalized spacial score (nSPS) is 10.7. The van der Waals surface area contributed by atoms with E-state index in [1.165, 1.54) is 0 Å². The van der Waals surface area contributed by atoms with E-state index in [0.29, 0.717) is 67.6 Å². The number of hydrogen-bond acceptors (Lipinski definition) is 6. The fraction of sp³-hybridized carbons (Fsp3) is 0.156. The summed E-state index contributed by atoms with van der Waals surface area (Å²) in [6, 6.07) is 40.1. The fourth-order valence-electron chi connectivity index (χ4n) is 5.52. The summed E-state index contributed by atoms with van der Waals surface area (Å²) in [6.07, 6.45) is -0.272. The molecule has 0 saturated heterocycles. The molecular formula is C45H37Cl5O8. The lowest BCUT2D eigenvalue weighted by atomic mass is 9.98. The fourth-order valence-corrected chi connectivity index (χ4v) is 6.49. The van der Waals surface area contributed by atoms with E-state index < -0.39 is 17.9 Å². The van der Waals surface area contributed by atoms with Gasteiger partial charge in [0.25, 0.3) is 0 Å². The molecule has 13 heteroatoms. The highest BCUT2D eigenvalue weighted by atomic mass is 35.5. The number of rotatable bonds is 17. The monoisotopic (exact) mass is 880 g/mol. The number of aliphatic carboxylic acids is 2. The topological polar surface area (TPSA) is 112 Å². The molecule has 58 heavy (non-hydrogen) atoms. The molecule has 0 heterocycles. The number of carbonyl (C=O) groups is 2. The number of carboxylic acids is 2. The lowest BCUT2D eigenvalue weighted by Gasteiger charge is -2.18. The Morgan fingerprint density at radius 1 is 0.431 bits per heavy atom. The minimum atomic E-state index is -1.63. The van der Waals surface area contributed by atoms with Crippen LogP contribution in [0.2, 0.25) is 20.1 Å². The second-order valence-electron chi connectivity index (χ2n) is 12.6. The van der Waals surface area contributed by atoms with Gasteiger partial charge in [0.2, 0.25) is 0 Å². The lowest BCUT2D eigenvalue weighted by Crippen LogP contribution is -2.25. The van der Waals surface area contributed by atoms with Crippen LogP contribution in [-0.2, 0) is 48.3 Å². The number of halogens is 5. The average molecular weight is 883 g/mol. The van der Waals surface area contributed by atoms with Gasteiger partial charge < -0.3 is 29.2 Å². The number of para-hydroxylation sites is 2. The van der Waals surface area contributed by atoms with E-state index in [0.717, 1.165) is 22.3 Å². The maximum atomic E-state index is 11.4. The third-order valence-electron chi connectivity index (χ3n) is 8.63. The van der Waals surface area contributed by atoms with Gasteiger partial charge in [-0.3, -0.25) is 9.59 Å². The van der Waals surface area contributed by atoms with E-state index in [-0.39, 0.29) is 25.4 Å². The number of benzene rings is 6. The SMILES string of the molecule is ClCc1cccc(OCc2ccccc2Cl)c1OCc1ccccc1Cl.O=C(O)C(Cc1cccc(OCc2ccccc2Cl)c1OCc1ccccc1Cl)C(=O)O. The summed E-state index contributed by atoms with van der Waals surface area (Å²) >= 11 is 30.9. The Morgan fingerprint density at radius 3 is 1.09 bits per heavy atom. The largest absolute Gasteiger partial charge is 0.485 e. The standard InChI is InChI=1S/C24H20Cl2O6.C21H17Cl3O2/c25-19-9-3-1-6-16(19)13-31-21-11-5-8-15(12-18(23(27)28)24(29)30)22(21)32-14-17-7-2-4-10-20(17)26;22-12-15-8-5-11-20(25-13-16-6-1-3-9-18(16)23)21(15)26-14-17-7-2-4-10-19(17)24/h1-11,18H,12-14H2,(H,27,28)(H,29,30);1-11H,12-14H2. The van der Waals surface area contributed by atoms with Crippen LogP contribution in [0.1, 0.15) is 33.4 Å². The molecule has 6 aromatic carbocycles. The highest BCUT2D eigenvalue weighted by Gasteiger charge is 2.28. The molecular weight excluding hydrogens is 846 g/mol. The molecule has 0 amide bonds. The zero-order chi connectivity index (χ0) is 41.4. The molecule has 0 bridgehead atoms. The van der Waals surface area contributed by atoms with Crippen molar-refractivity contribution in [1.82, 2.24) is 0 Å². The summed E-state index contributed by atoms with van der Waals surface area (Å²) in [5, 5.41) is 21.0. The zero-order valence-corrected chi connectivity index (χ0v) is 34.5. The van der Waals surface area contributed by atoms with E-state index >= 15 is 0 Å². The third-order valence-corrected chi connectivity index (χ3v) is 10.4. The molecule has 6 rings (SSSR count). The Morgan fingerprint density at radius 2 is 0.741 bits per heavy atom. The van der Waals surface area contributed by atoms with Crippen molar-refractivity contribution in [3.63, 3.8) is 0 Å². The van der Waals surface area contributed by atoms with Crippen molar-refractivity contribution in [2.24, 2.45) is 5.92 Å². The first-order valence-electron chi connectivity index (χ1n) is 17.8. The van der Waals surface area contributed by atoms with Gasteiger partial charge in [0, 0.05) is 54.3 Å². The Balaban J connectivity index is 0.000000226. The van der Waals surface area contributed by atoms with Crippen LogP contribution < -0.4 is 18.9 Å². The first-order chi connectivity index (χ1) is 28.0. The summed E-state index contributed by atoms with van der Waals surface area (Å²) in [5.74, 6) is -2.34. The molecule has 0 aliphatic heterocycles. The molecule has 0 saturated carbocycles. The quantitative estimate of drug-likeness (QED) is 0.0688. The molecule has 0 fully saturated rings. The summed E-state index contributed by atoms with van der Waals surface area (Å²) in [6.45, 7) is 0.903. The molecule has 2 N–H and O–H groups in total. The van der Waals surface area contributed by atoms with E-state index in [1.807, 2.05) is 91.0 Å². The predicted molar refractivity (Wildman–Crippen MR) is 228 cm³/mol. The maximum Gasteiger partial charge on any atom is 0.318 e. The van der Waals surface area contributed by atoms with Crippen LogP contribution in [0, 0.1) is 5.92 Å². The molecule has 300 valence electrons. The highest BCUT2D eigenvalue weighted by molar-refractivity contribution is 6.32. The van der Waals surface area contributed by atoms with Crippen molar-refractivity contribution >= 4 is 69.9 Å². The van der Waals surface area contributed by atoms with Crippen LogP contribution in [0.4, 0.5) is 0 Å². The molecule has 0 spiro atoms. The summed E-state index contributed by atoms with van der Waals surface area (Å²) < 4.78 is 23.9. The minimum Gasteiger partial charge on any atom is -0.485 e. The van der Waals surface area contributed by atoms with Gasteiger partial charge in [-0.1, -0.05) is 143 Å². The lowest BCUT2D eigenvalue weighted by molar-refractivity contribution is -0.154. The van der Waals surface area contributed by atoms with Crippen LogP contribution in [0.3, 0.4) is 0 Å². The van der Waals surface area contributed by atoms with E-state index in [4.69, 9.17) is 77.0 Å². The summed E-state index contributed by atoms with van der Waals surface area (Å²) in [7, 11) is 0. The number of alkyl halides is 1. The van der Waals surface area contributed by atoms with E-state index in [2.05, 4.69) is 0 Å². The Hall–Kier alpha value is -5.09. The Bertz CT molecular complexity index is 2300. The van der Waals surface area contributed by atoms with Gasteiger partial charge in [-0.25, -0.2) is 0 Å². The summed E-state index contributed by atoms with van der Waals surface area (Å²) in [4.78, 5) is 22.9. The van der Waals surface area contributed by atoms with Gasteiger partial charge in [0.05, 0.1) is 5.88 Å². The van der Waals surface area contributed by atoms with Crippen LogP contribution in [0.25, 0.3) is 0 Å². The smallest absolute Gasteiger partial charge is 0.318 e. The maximum absolute atomic E-state index is 11.4. The molecule has 0 aliphatic rings. The van der Waals surface area contributed by atoms with Gasteiger partial charge in [-0.05, 0) is 42.0 Å². The third kappa shape index (κ3) is 12.5. The number of carboxylic acid groups (broad SMARTS) is 2. The Kier molecular flexibility index (Phi) is 16.8. The van der Waals surface area contributed by atoms with Crippen molar-refractivity contribution in [2.45, 2.75) is 38.7 Å². The van der Waals surface area contributed by atoms with Crippen molar-refractivity contribution in [3.05, 3.63) is 187 Å². The second-order valence-corrected chi connectivity index (χ2v) is 14.5. The Labute approximate surface area is 361 Å². The average Bonchev–Trinajstić information content (AvgIpc) is 3.22. The molecule has 0 unspecified atom stereocenters. The van der Waals surface area contributed by atoms with Gasteiger partial charge >= 0.3 is 11.9 Å². The van der Waals surface area contributed by atoms with E-state index in [1.54, 1.807) is 42.5 Å². The van der Waals surface area contributed by atoms with Crippen LogP contribution in [0.5, 0.6) is 23.0 Å². The van der Waals surface area contributed by atoms with Crippen LogP contribution in [-0.4, -0.2) is 22.2 Å². The van der Waals surface area contributed by atoms with Gasteiger partial charge in [-0.2, -0.15) is 0 Å². The van der Waals surface area contributed by atoms with Gasteiger partial charge in [0.1, 0.15) is 26.4 Å². The molecule has 0 radical (unpaired) electrons. The second kappa shape index (κ2) is 22.2. The molecule has 0 aliphatic carbocycles. The predicted octanol–water partition coefficient (Wildman–Crippen LogP) is 12.4. The summed E-state index contributed by atoms with van der Waals surface area (Å²) in [5.41, 5.74) is 4.52. The van der Waals surface area contributed by atoms with Crippen molar-refractivity contribution in [3.8, 4) is 23.0 Å². The highest BCUT2D eigenvalue weighted by Crippen LogP contribution is 2.36. The molecule has 0 atom stereocenters. The minimum absolute atomic E-state index is 0.0873. The van der Waals surface area contributed by atoms with Gasteiger partial charge in [0.15, 0.2) is 28.9 Å². The number of ether oxygens (including phenoxy) is 4. The molecule has 8 nitrogen and oxygen atoms in total. The first kappa shape index (κ1) is 44.0. The zero-order valence-electron chi connectivity index (χ0n) is 30.8.